The van der Waals surface area contributed by atoms with Gasteiger partial charge in [-0.2, -0.15) is 10.1 Å². The third-order valence-electron chi connectivity index (χ3n) is 5.25. The fraction of sp³-hybridized carbons (Fsp3) is 0.148. The second kappa shape index (κ2) is 10.8. The number of benzene rings is 3. The van der Waals surface area contributed by atoms with Gasteiger partial charge < -0.3 is 9.47 Å². The second-order valence-electron chi connectivity index (χ2n) is 7.67. The number of carbonyl (C=O) groups is 2. The molecule has 0 saturated carbocycles. The second-order valence-corrected chi connectivity index (χ2v) is 8.49. The fourth-order valence-corrected chi connectivity index (χ4v) is 4.00. The zero-order chi connectivity index (χ0) is 24.9. The van der Waals surface area contributed by atoms with Crippen LogP contribution >= 0.6 is 23.2 Å². The highest BCUT2D eigenvalue weighted by Crippen LogP contribution is 2.38. The summed E-state index contributed by atoms with van der Waals surface area (Å²) < 4.78 is 11.7. The lowest BCUT2D eigenvalue weighted by atomic mass is 10.1. The van der Waals surface area contributed by atoms with Crippen LogP contribution in [0.15, 0.2) is 77.4 Å². The van der Waals surface area contributed by atoms with E-state index in [0.29, 0.717) is 45.0 Å². The van der Waals surface area contributed by atoms with Crippen LogP contribution in [0.2, 0.25) is 10.0 Å². The standard InChI is InChI=1S/C27H22Cl2N2O4/c1-3-34-24-15-18(14-23(29)25(24)35-16-20-11-7-8-12-22(20)28)13-21-17(2)30-31(27(21)33)26(32)19-9-5-4-6-10-19/h4-15H,3,16H2,1-2H3/b21-13+. The van der Waals surface area contributed by atoms with Crippen LogP contribution < -0.4 is 9.47 Å². The maximum Gasteiger partial charge on any atom is 0.283 e. The van der Waals surface area contributed by atoms with Gasteiger partial charge in [0.2, 0.25) is 0 Å². The van der Waals surface area contributed by atoms with Crippen molar-refractivity contribution in [1.29, 1.82) is 0 Å². The first kappa shape index (κ1) is 24.5. The molecule has 0 radical (unpaired) electrons. The molecule has 0 bridgehead atoms. The molecule has 3 aromatic rings. The van der Waals surface area contributed by atoms with Crippen molar-refractivity contribution >= 4 is 46.8 Å². The Morgan fingerprint density at radius 1 is 1.00 bits per heavy atom. The zero-order valence-electron chi connectivity index (χ0n) is 19.1. The predicted molar refractivity (Wildman–Crippen MR) is 137 cm³/mol. The summed E-state index contributed by atoms with van der Waals surface area (Å²) in [4.78, 5) is 25.8. The maximum atomic E-state index is 13.0. The molecule has 6 nitrogen and oxygen atoms in total. The number of amides is 2. The van der Waals surface area contributed by atoms with E-state index in [9.17, 15) is 9.59 Å². The Bertz CT molecular complexity index is 1340. The van der Waals surface area contributed by atoms with Gasteiger partial charge in [0.1, 0.15) is 6.61 Å². The number of halogens is 2. The number of carbonyl (C=O) groups excluding carboxylic acids is 2. The van der Waals surface area contributed by atoms with Crippen molar-refractivity contribution in [3.05, 3.63) is 99.0 Å². The van der Waals surface area contributed by atoms with E-state index < -0.39 is 11.8 Å². The molecule has 178 valence electrons. The number of hydrazone groups is 1. The van der Waals surface area contributed by atoms with E-state index in [0.717, 1.165) is 10.6 Å². The van der Waals surface area contributed by atoms with Gasteiger partial charge in [0, 0.05) is 16.1 Å². The Morgan fingerprint density at radius 2 is 1.71 bits per heavy atom. The van der Waals surface area contributed by atoms with Gasteiger partial charge in [-0.3, -0.25) is 9.59 Å². The molecular weight excluding hydrogens is 487 g/mol. The van der Waals surface area contributed by atoms with Gasteiger partial charge in [0.05, 0.1) is 22.9 Å². The number of rotatable bonds is 7. The minimum Gasteiger partial charge on any atom is -0.490 e. The third kappa shape index (κ3) is 5.39. The number of imide groups is 1. The van der Waals surface area contributed by atoms with E-state index in [1.807, 2.05) is 25.1 Å². The molecule has 1 aliphatic heterocycles. The molecule has 0 N–H and O–H groups in total. The van der Waals surface area contributed by atoms with Crippen molar-refractivity contribution in [1.82, 2.24) is 5.01 Å². The molecule has 0 aliphatic carbocycles. The molecule has 0 saturated heterocycles. The zero-order valence-corrected chi connectivity index (χ0v) is 20.6. The fourth-order valence-electron chi connectivity index (χ4n) is 3.53. The summed E-state index contributed by atoms with van der Waals surface area (Å²) in [5.74, 6) is -0.199. The average Bonchev–Trinajstić information content (AvgIpc) is 3.13. The summed E-state index contributed by atoms with van der Waals surface area (Å²) in [5.41, 5.74) is 2.51. The summed E-state index contributed by atoms with van der Waals surface area (Å²) in [6.07, 6.45) is 1.63. The summed E-state index contributed by atoms with van der Waals surface area (Å²) in [7, 11) is 0. The van der Waals surface area contributed by atoms with E-state index in [1.54, 1.807) is 61.5 Å². The van der Waals surface area contributed by atoms with Crippen LogP contribution in [0.5, 0.6) is 11.5 Å². The quantitative estimate of drug-likeness (QED) is 0.273. The number of nitrogens with zero attached hydrogens (tertiary/aromatic N) is 2. The Hall–Kier alpha value is -3.61. The first-order chi connectivity index (χ1) is 16.9. The molecule has 8 heteroatoms. The lowest BCUT2D eigenvalue weighted by molar-refractivity contribution is -0.123. The van der Waals surface area contributed by atoms with Crippen molar-refractivity contribution in [3.8, 4) is 11.5 Å². The lowest BCUT2D eigenvalue weighted by Gasteiger charge is -2.15. The molecule has 0 atom stereocenters. The maximum absolute atomic E-state index is 13.0. The smallest absolute Gasteiger partial charge is 0.283 e. The van der Waals surface area contributed by atoms with Crippen LogP contribution in [0.1, 0.15) is 35.3 Å². The van der Waals surface area contributed by atoms with Crippen molar-refractivity contribution in [2.45, 2.75) is 20.5 Å². The van der Waals surface area contributed by atoms with Crippen molar-refractivity contribution in [2.24, 2.45) is 5.10 Å². The van der Waals surface area contributed by atoms with Crippen molar-refractivity contribution in [2.75, 3.05) is 6.61 Å². The normalized spacial score (nSPS) is 14.3. The highest BCUT2D eigenvalue weighted by Gasteiger charge is 2.33. The van der Waals surface area contributed by atoms with Gasteiger partial charge >= 0.3 is 0 Å². The predicted octanol–water partition coefficient (Wildman–Crippen LogP) is 6.41. The Kier molecular flexibility index (Phi) is 7.54. The van der Waals surface area contributed by atoms with E-state index in [4.69, 9.17) is 32.7 Å². The van der Waals surface area contributed by atoms with Crippen molar-refractivity contribution in [3.63, 3.8) is 0 Å². The summed E-state index contributed by atoms with van der Waals surface area (Å²) >= 11 is 12.8. The highest BCUT2D eigenvalue weighted by atomic mass is 35.5. The van der Waals surface area contributed by atoms with Crippen LogP contribution in [-0.2, 0) is 11.4 Å². The first-order valence-electron chi connectivity index (χ1n) is 10.9. The molecule has 0 spiro atoms. The lowest BCUT2D eigenvalue weighted by Crippen LogP contribution is -2.29. The Labute approximate surface area is 213 Å². The largest absolute Gasteiger partial charge is 0.490 e. The summed E-state index contributed by atoms with van der Waals surface area (Å²) in [6.45, 7) is 4.12. The monoisotopic (exact) mass is 508 g/mol. The van der Waals surface area contributed by atoms with Gasteiger partial charge in [-0.05, 0) is 55.8 Å². The highest BCUT2D eigenvalue weighted by molar-refractivity contribution is 6.33. The molecule has 1 heterocycles. The number of hydrogen-bond acceptors (Lipinski definition) is 5. The van der Waals surface area contributed by atoms with Crippen molar-refractivity contribution < 1.29 is 19.1 Å². The third-order valence-corrected chi connectivity index (χ3v) is 5.90. The molecular formula is C27H22Cl2N2O4. The Balaban J connectivity index is 1.60. The van der Waals surface area contributed by atoms with Gasteiger partial charge in [-0.1, -0.05) is 59.6 Å². The molecule has 35 heavy (non-hydrogen) atoms. The molecule has 0 unspecified atom stereocenters. The average molecular weight is 509 g/mol. The number of hydrogen-bond donors (Lipinski definition) is 0. The molecule has 2 amide bonds. The van der Waals surface area contributed by atoms with Crippen LogP contribution in [0.25, 0.3) is 6.08 Å². The molecule has 1 aliphatic rings. The Morgan fingerprint density at radius 3 is 2.43 bits per heavy atom. The van der Waals surface area contributed by atoms with Crippen LogP contribution in [0.3, 0.4) is 0 Å². The number of ether oxygens (including phenoxy) is 2. The van der Waals surface area contributed by atoms with Gasteiger partial charge in [0.25, 0.3) is 11.8 Å². The van der Waals surface area contributed by atoms with E-state index >= 15 is 0 Å². The minimum absolute atomic E-state index is 0.209. The summed E-state index contributed by atoms with van der Waals surface area (Å²) in [5, 5.41) is 5.95. The van der Waals surface area contributed by atoms with E-state index in [2.05, 4.69) is 5.10 Å². The minimum atomic E-state index is -0.510. The SMILES string of the molecule is CCOc1cc(/C=C2/C(=O)N(C(=O)c3ccccc3)N=C2C)cc(Cl)c1OCc1ccccc1Cl. The summed E-state index contributed by atoms with van der Waals surface area (Å²) in [6, 6.07) is 19.3. The molecule has 3 aromatic carbocycles. The van der Waals surface area contributed by atoms with E-state index in [1.165, 1.54) is 0 Å². The molecule has 4 rings (SSSR count). The van der Waals surface area contributed by atoms with Crippen LogP contribution in [0, 0.1) is 0 Å². The van der Waals surface area contributed by atoms with Crippen LogP contribution in [0.4, 0.5) is 0 Å². The molecule has 0 aromatic heterocycles. The topological polar surface area (TPSA) is 68.2 Å². The van der Waals surface area contributed by atoms with Gasteiger partial charge in [-0.15, -0.1) is 0 Å². The van der Waals surface area contributed by atoms with Crippen LogP contribution in [-0.4, -0.2) is 29.1 Å². The van der Waals surface area contributed by atoms with Gasteiger partial charge in [-0.25, -0.2) is 0 Å². The molecule has 0 fully saturated rings. The van der Waals surface area contributed by atoms with E-state index in [-0.39, 0.29) is 12.2 Å². The van der Waals surface area contributed by atoms with Gasteiger partial charge in [0.15, 0.2) is 11.5 Å². The first-order valence-corrected chi connectivity index (χ1v) is 11.7.